The van der Waals surface area contributed by atoms with Gasteiger partial charge in [0.1, 0.15) is 0 Å². The van der Waals surface area contributed by atoms with Gasteiger partial charge >= 0.3 is 5.97 Å². The maximum Gasteiger partial charge on any atom is 0.303 e. The van der Waals surface area contributed by atoms with Gasteiger partial charge < -0.3 is 16.2 Å². The van der Waals surface area contributed by atoms with Crippen LogP contribution in [0.1, 0.15) is 18.4 Å². The maximum atomic E-state index is 11.6. The van der Waals surface area contributed by atoms with Crippen LogP contribution in [0.4, 0.5) is 0 Å². The van der Waals surface area contributed by atoms with Crippen molar-refractivity contribution in [2.75, 3.05) is 6.26 Å². The molecule has 0 aromatic heterocycles. The fourth-order valence-corrected chi connectivity index (χ4v) is 2.22. The minimum absolute atomic E-state index is 0.0637. The Balaban J connectivity index is 2.51. The number of sulfone groups is 1. The largest absolute Gasteiger partial charge is 0.481 e. The molecule has 8 heteroatoms. The summed E-state index contributed by atoms with van der Waals surface area (Å²) in [6, 6.07) is 5.23. The number of rotatable bonds is 7. The summed E-state index contributed by atoms with van der Waals surface area (Å²) in [6.45, 7) is 0.198. The lowest BCUT2D eigenvalue weighted by Crippen LogP contribution is -2.40. The van der Waals surface area contributed by atoms with Crippen molar-refractivity contribution in [1.82, 2.24) is 5.32 Å². The molecule has 7 nitrogen and oxygen atoms in total. The van der Waals surface area contributed by atoms with Gasteiger partial charge in [-0.3, -0.25) is 9.59 Å². The number of amides is 1. The van der Waals surface area contributed by atoms with Crippen molar-refractivity contribution in [2.45, 2.75) is 30.3 Å². The summed E-state index contributed by atoms with van der Waals surface area (Å²) in [5.74, 6) is -1.45. The Morgan fingerprint density at radius 2 is 1.86 bits per heavy atom. The van der Waals surface area contributed by atoms with Crippen LogP contribution in [0, 0.1) is 0 Å². The van der Waals surface area contributed by atoms with E-state index in [1.807, 2.05) is 0 Å². The lowest BCUT2D eigenvalue weighted by molar-refractivity contribution is -0.137. The molecule has 1 atom stereocenters. The molecule has 0 aliphatic carbocycles. The molecule has 0 saturated heterocycles. The van der Waals surface area contributed by atoms with E-state index < -0.39 is 27.8 Å². The number of carboxylic acids is 1. The first kappa shape index (κ1) is 17.1. The molecular weight excluding hydrogens is 296 g/mol. The van der Waals surface area contributed by atoms with Crippen molar-refractivity contribution in [3.05, 3.63) is 29.8 Å². The predicted molar refractivity (Wildman–Crippen MR) is 76.2 cm³/mol. The summed E-state index contributed by atoms with van der Waals surface area (Å²) >= 11 is 0. The zero-order chi connectivity index (χ0) is 16.0. The van der Waals surface area contributed by atoms with Gasteiger partial charge in [0, 0.05) is 19.2 Å². The number of hydrogen-bond donors (Lipinski definition) is 3. The van der Waals surface area contributed by atoms with Gasteiger partial charge in [0.25, 0.3) is 0 Å². The molecule has 1 unspecified atom stereocenters. The monoisotopic (exact) mass is 314 g/mol. The fraction of sp³-hybridized carbons (Fsp3) is 0.385. The van der Waals surface area contributed by atoms with Crippen LogP contribution in [0.3, 0.4) is 0 Å². The zero-order valence-electron chi connectivity index (χ0n) is 11.6. The molecule has 0 bridgehead atoms. The fourth-order valence-electron chi connectivity index (χ4n) is 1.58. The highest BCUT2D eigenvalue weighted by atomic mass is 32.2. The van der Waals surface area contributed by atoms with Gasteiger partial charge in [0.05, 0.1) is 10.9 Å². The van der Waals surface area contributed by atoms with E-state index >= 15 is 0 Å². The summed E-state index contributed by atoms with van der Waals surface area (Å²) in [4.78, 5) is 22.2. The molecule has 1 aromatic carbocycles. The van der Waals surface area contributed by atoms with E-state index in [0.29, 0.717) is 0 Å². The van der Waals surface area contributed by atoms with Crippen molar-refractivity contribution < 1.29 is 23.1 Å². The van der Waals surface area contributed by atoms with Gasteiger partial charge in [-0.1, -0.05) is 12.1 Å². The normalized spacial score (nSPS) is 12.7. The van der Waals surface area contributed by atoms with Crippen LogP contribution in [0.15, 0.2) is 29.2 Å². The van der Waals surface area contributed by atoms with Gasteiger partial charge in [-0.15, -0.1) is 0 Å². The smallest absolute Gasteiger partial charge is 0.303 e. The van der Waals surface area contributed by atoms with E-state index in [0.717, 1.165) is 11.8 Å². The third-order valence-corrected chi connectivity index (χ3v) is 3.95. The zero-order valence-corrected chi connectivity index (χ0v) is 12.4. The number of carbonyl (C=O) groups is 2. The topological polar surface area (TPSA) is 127 Å². The van der Waals surface area contributed by atoms with Gasteiger partial charge in [-0.05, 0) is 24.1 Å². The number of nitrogens with one attached hydrogen (secondary N) is 1. The van der Waals surface area contributed by atoms with Crippen molar-refractivity contribution in [1.29, 1.82) is 0 Å². The quantitative estimate of drug-likeness (QED) is 0.645. The first-order valence-electron chi connectivity index (χ1n) is 6.24. The van der Waals surface area contributed by atoms with Crippen LogP contribution in [-0.2, 0) is 26.0 Å². The highest BCUT2D eigenvalue weighted by molar-refractivity contribution is 7.90. The first-order chi connectivity index (χ1) is 9.70. The number of carbonyl (C=O) groups excluding carboxylic acids is 1. The van der Waals surface area contributed by atoms with Gasteiger partial charge in [-0.25, -0.2) is 8.42 Å². The Hall–Kier alpha value is -1.93. The van der Waals surface area contributed by atoms with E-state index in [-0.39, 0.29) is 24.3 Å². The number of hydrogen-bond acceptors (Lipinski definition) is 5. The van der Waals surface area contributed by atoms with E-state index in [4.69, 9.17) is 10.8 Å². The predicted octanol–water partition coefficient (Wildman–Crippen LogP) is -0.102. The molecule has 0 fully saturated rings. The minimum atomic E-state index is -3.24. The number of carboxylic acid groups (broad SMARTS) is 1. The molecule has 0 heterocycles. The van der Waals surface area contributed by atoms with Crippen LogP contribution >= 0.6 is 0 Å². The van der Waals surface area contributed by atoms with Gasteiger partial charge in [0.15, 0.2) is 9.84 Å². The Morgan fingerprint density at radius 1 is 1.29 bits per heavy atom. The van der Waals surface area contributed by atoms with Gasteiger partial charge in [-0.2, -0.15) is 0 Å². The number of aliphatic carboxylic acids is 1. The molecule has 1 aromatic rings. The molecule has 0 radical (unpaired) electrons. The van der Waals surface area contributed by atoms with Crippen molar-refractivity contribution in [2.24, 2.45) is 5.73 Å². The number of nitrogens with two attached hydrogens (primary N) is 1. The second-order valence-electron chi connectivity index (χ2n) is 4.67. The van der Waals surface area contributed by atoms with Crippen LogP contribution in [-0.4, -0.2) is 37.7 Å². The van der Waals surface area contributed by atoms with Crippen LogP contribution in [0.2, 0.25) is 0 Å². The molecule has 1 amide bonds. The van der Waals surface area contributed by atoms with Crippen LogP contribution in [0.5, 0.6) is 0 Å². The Bertz CT molecular complexity index is 610. The second kappa shape index (κ2) is 7.19. The highest BCUT2D eigenvalue weighted by Gasteiger charge is 2.14. The highest BCUT2D eigenvalue weighted by Crippen LogP contribution is 2.10. The maximum absolute atomic E-state index is 11.6. The van der Waals surface area contributed by atoms with E-state index in [1.54, 1.807) is 12.1 Å². The molecule has 0 spiro atoms. The van der Waals surface area contributed by atoms with E-state index in [9.17, 15) is 18.0 Å². The third-order valence-electron chi connectivity index (χ3n) is 2.82. The summed E-state index contributed by atoms with van der Waals surface area (Å²) in [7, 11) is -3.24. The van der Waals surface area contributed by atoms with Crippen molar-refractivity contribution in [3.8, 4) is 0 Å². The Labute approximate surface area is 123 Å². The van der Waals surface area contributed by atoms with E-state index in [1.165, 1.54) is 12.1 Å². The molecule has 21 heavy (non-hydrogen) atoms. The summed E-state index contributed by atoms with van der Waals surface area (Å²) in [5, 5.41) is 11.1. The number of benzene rings is 1. The van der Waals surface area contributed by atoms with E-state index in [2.05, 4.69) is 5.32 Å². The first-order valence-corrected chi connectivity index (χ1v) is 8.13. The second-order valence-corrected chi connectivity index (χ2v) is 6.69. The standard InChI is InChI=1S/C13H18N2O5S/c1-21(19,20)10-4-2-9(3-5-10)8-15-13(18)11(14)6-7-12(16)17/h2-5,11H,6-8,14H2,1H3,(H,15,18)(H,16,17). The summed E-state index contributed by atoms with van der Waals surface area (Å²) < 4.78 is 22.6. The lowest BCUT2D eigenvalue weighted by atomic mass is 10.1. The molecule has 1 rings (SSSR count). The third kappa shape index (κ3) is 5.92. The van der Waals surface area contributed by atoms with Crippen molar-refractivity contribution in [3.63, 3.8) is 0 Å². The Kier molecular flexibility index (Phi) is 5.86. The van der Waals surface area contributed by atoms with Crippen molar-refractivity contribution >= 4 is 21.7 Å². The molecule has 116 valence electrons. The lowest BCUT2D eigenvalue weighted by Gasteiger charge is -2.11. The average Bonchev–Trinajstić information content (AvgIpc) is 2.41. The minimum Gasteiger partial charge on any atom is -0.481 e. The molecule has 0 saturated carbocycles. The summed E-state index contributed by atoms with van der Waals surface area (Å²) in [6.07, 6.45) is 1.01. The summed E-state index contributed by atoms with van der Waals surface area (Å²) in [5.41, 5.74) is 6.28. The average molecular weight is 314 g/mol. The van der Waals surface area contributed by atoms with Crippen LogP contribution in [0.25, 0.3) is 0 Å². The molecule has 4 N–H and O–H groups in total. The SMILES string of the molecule is CS(=O)(=O)c1ccc(CNC(=O)C(N)CCC(=O)O)cc1. The van der Waals surface area contributed by atoms with Crippen LogP contribution < -0.4 is 11.1 Å². The molecular formula is C13H18N2O5S. The van der Waals surface area contributed by atoms with Gasteiger partial charge in [0.2, 0.25) is 5.91 Å². The molecule has 0 aliphatic rings. The molecule has 0 aliphatic heterocycles. The Morgan fingerprint density at radius 3 is 2.33 bits per heavy atom.